The Kier molecular flexibility index (Phi) is 9.20. The van der Waals surface area contributed by atoms with Crippen LogP contribution >= 0.6 is 11.8 Å². The highest BCUT2D eigenvalue weighted by atomic mass is 32.2. The first-order valence-corrected chi connectivity index (χ1v) is 10.8. The molecule has 0 spiro atoms. The van der Waals surface area contributed by atoms with E-state index in [9.17, 15) is 0 Å². The summed E-state index contributed by atoms with van der Waals surface area (Å²) >= 11 is 2.18. The second-order valence-electron chi connectivity index (χ2n) is 7.21. The third kappa shape index (κ3) is 7.41. The Bertz CT molecular complexity index is 244. The van der Waals surface area contributed by atoms with Crippen molar-refractivity contribution in [3.8, 4) is 0 Å². The fraction of sp³-hybridized carbons (Fsp3) is 1.00. The van der Waals surface area contributed by atoms with Gasteiger partial charge in [0, 0.05) is 17.3 Å². The lowest BCUT2D eigenvalue weighted by molar-refractivity contribution is 0.363. The number of hydrogen-bond acceptors (Lipinski definition) is 2. The van der Waals surface area contributed by atoms with Gasteiger partial charge in [0.25, 0.3) is 0 Å². The highest BCUT2D eigenvalue weighted by Gasteiger charge is 2.26. The molecule has 1 nitrogen and oxygen atoms in total. The molecule has 0 aromatic rings. The van der Waals surface area contributed by atoms with Crippen molar-refractivity contribution in [2.45, 2.75) is 114 Å². The van der Waals surface area contributed by atoms with Gasteiger partial charge in [0.2, 0.25) is 0 Å². The molecular formula is C19H37NS. The molecule has 0 heterocycles. The van der Waals surface area contributed by atoms with Crippen molar-refractivity contribution in [2.24, 2.45) is 0 Å². The summed E-state index contributed by atoms with van der Waals surface area (Å²) in [6.45, 7) is 2.30. The Morgan fingerprint density at radius 3 is 1.86 bits per heavy atom. The van der Waals surface area contributed by atoms with Crippen molar-refractivity contribution in [3.63, 3.8) is 0 Å². The summed E-state index contributed by atoms with van der Waals surface area (Å²) < 4.78 is 0. The van der Waals surface area contributed by atoms with E-state index in [4.69, 9.17) is 0 Å². The molecule has 0 aliphatic heterocycles. The molecule has 124 valence electrons. The number of rotatable bonds is 4. The van der Waals surface area contributed by atoms with E-state index in [0.29, 0.717) is 0 Å². The van der Waals surface area contributed by atoms with Crippen molar-refractivity contribution in [3.05, 3.63) is 0 Å². The predicted octanol–water partition coefficient (Wildman–Crippen LogP) is 5.92. The lowest BCUT2D eigenvalue weighted by Gasteiger charge is -2.24. The number of nitrogens with one attached hydrogen (secondary N) is 1. The van der Waals surface area contributed by atoms with Crippen LogP contribution in [0.15, 0.2) is 0 Å². The zero-order valence-electron chi connectivity index (χ0n) is 14.2. The van der Waals surface area contributed by atoms with Crippen LogP contribution in [-0.2, 0) is 0 Å². The third-order valence-electron chi connectivity index (χ3n) is 5.36. The fourth-order valence-corrected chi connectivity index (χ4v) is 5.28. The molecule has 2 atom stereocenters. The van der Waals surface area contributed by atoms with Crippen molar-refractivity contribution in [1.82, 2.24) is 5.32 Å². The zero-order valence-corrected chi connectivity index (χ0v) is 15.1. The smallest absolute Gasteiger partial charge is 0.00805 e. The van der Waals surface area contributed by atoms with Gasteiger partial charge in [-0.1, -0.05) is 64.7 Å². The molecule has 0 radical (unpaired) electrons. The van der Waals surface area contributed by atoms with Crippen LogP contribution in [0.5, 0.6) is 0 Å². The van der Waals surface area contributed by atoms with Crippen LogP contribution in [0.25, 0.3) is 0 Å². The molecule has 0 saturated heterocycles. The lowest BCUT2D eigenvalue weighted by Crippen LogP contribution is -2.37. The highest BCUT2D eigenvalue weighted by molar-refractivity contribution is 7.99. The van der Waals surface area contributed by atoms with E-state index >= 15 is 0 Å². The summed E-state index contributed by atoms with van der Waals surface area (Å²) in [6.07, 6.45) is 20.4. The van der Waals surface area contributed by atoms with Crippen LogP contribution in [0.3, 0.4) is 0 Å². The van der Waals surface area contributed by atoms with Gasteiger partial charge in [0.15, 0.2) is 0 Å². The molecule has 0 aromatic heterocycles. The van der Waals surface area contributed by atoms with Gasteiger partial charge in [-0.3, -0.25) is 0 Å². The summed E-state index contributed by atoms with van der Waals surface area (Å²) in [5, 5.41) is 4.99. The first kappa shape index (κ1) is 17.7. The van der Waals surface area contributed by atoms with Gasteiger partial charge >= 0.3 is 0 Å². The second-order valence-corrected chi connectivity index (χ2v) is 8.79. The van der Waals surface area contributed by atoms with Gasteiger partial charge in [0.05, 0.1) is 0 Å². The molecule has 0 aromatic carbocycles. The molecular weight excluding hydrogens is 274 g/mol. The van der Waals surface area contributed by atoms with Gasteiger partial charge in [-0.25, -0.2) is 0 Å². The molecule has 2 fully saturated rings. The summed E-state index contributed by atoms with van der Waals surface area (Å²) in [5.41, 5.74) is 0. The summed E-state index contributed by atoms with van der Waals surface area (Å²) in [7, 11) is 0. The van der Waals surface area contributed by atoms with Crippen LogP contribution in [0.4, 0.5) is 0 Å². The van der Waals surface area contributed by atoms with Crippen LogP contribution in [0.1, 0.15) is 96.8 Å². The molecule has 2 rings (SSSR count). The molecule has 2 saturated carbocycles. The topological polar surface area (TPSA) is 12.0 Å². The molecule has 1 N–H and O–H groups in total. The quantitative estimate of drug-likeness (QED) is 0.691. The average molecular weight is 312 g/mol. The van der Waals surface area contributed by atoms with Gasteiger partial charge in [-0.2, -0.15) is 11.8 Å². The maximum Gasteiger partial charge on any atom is 0.00805 e. The van der Waals surface area contributed by atoms with E-state index in [0.717, 1.165) is 17.3 Å². The minimum Gasteiger partial charge on any atom is -0.311 e. The van der Waals surface area contributed by atoms with Crippen molar-refractivity contribution >= 4 is 11.8 Å². The molecule has 2 heteroatoms. The Morgan fingerprint density at radius 2 is 1.29 bits per heavy atom. The maximum absolute atomic E-state index is 4.04. The zero-order chi connectivity index (χ0) is 14.8. The van der Waals surface area contributed by atoms with Crippen molar-refractivity contribution < 1.29 is 0 Å². The van der Waals surface area contributed by atoms with E-state index in [1.807, 2.05) is 0 Å². The summed E-state index contributed by atoms with van der Waals surface area (Å²) in [4.78, 5) is 0. The SMILES string of the molecule is CCSC1CCC(NC2CCCCCCCCCCC2)C1. The molecule has 2 aliphatic carbocycles. The average Bonchev–Trinajstić information content (AvgIpc) is 2.90. The van der Waals surface area contributed by atoms with Crippen molar-refractivity contribution in [2.75, 3.05) is 5.75 Å². The molecule has 2 unspecified atom stereocenters. The van der Waals surface area contributed by atoms with E-state index in [2.05, 4.69) is 24.0 Å². The number of thioether (sulfide) groups is 1. The van der Waals surface area contributed by atoms with Crippen molar-refractivity contribution in [1.29, 1.82) is 0 Å². The van der Waals surface area contributed by atoms with Crippen LogP contribution < -0.4 is 5.32 Å². The molecule has 0 amide bonds. The molecule has 21 heavy (non-hydrogen) atoms. The standard InChI is InChI=1S/C19H37NS/c1-2-21-19-15-14-18(16-19)20-17-12-10-8-6-4-3-5-7-9-11-13-17/h17-20H,2-16H2,1H3. The Labute approximate surface area is 137 Å². The van der Waals surface area contributed by atoms with Gasteiger partial charge < -0.3 is 5.32 Å². The monoisotopic (exact) mass is 311 g/mol. The summed E-state index contributed by atoms with van der Waals surface area (Å²) in [6, 6.07) is 1.65. The first-order chi connectivity index (χ1) is 10.4. The molecule has 0 bridgehead atoms. The first-order valence-electron chi connectivity index (χ1n) is 9.76. The van der Waals surface area contributed by atoms with Gasteiger partial charge in [0.1, 0.15) is 0 Å². The largest absolute Gasteiger partial charge is 0.311 e. The minimum atomic E-state index is 0.819. The normalized spacial score (nSPS) is 30.7. The molecule has 2 aliphatic rings. The van der Waals surface area contributed by atoms with E-state index in [1.165, 1.54) is 95.6 Å². The van der Waals surface area contributed by atoms with Crippen LogP contribution in [-0.4, -0.2) is 23.1 Å². The Balaban J connectivity index is 1.70. The van der Waals surface area contributed by atoms with E-state index in [1.54, 1.807) is 0 Å². The Morgan fingerprint density at radius 1 is 0.714 bits per heavy atom. The van der Waals surface area contributed by atoms with E-state index in [-0.39, 0.29) is 0 Å². The predicted molar refractivity (Wildman–Crippen MR) is 97.3 cm³/mol. The number of hydrogen-bond donors (Lipinski definition) is 1. The van der Waals surface area contributed by atoms with Gasteiger partial charge in [-0.15, -0.1) is 0 Å². The second kappa shape index (κ2) is 10.9. The minimum absolute atomic E-state index is 0.819. The Hall–Kier alpha value is 0.310. The summed E-state index contributed by atoms with van der Waals surface area (Å²) in [5.74, 6) is 1.29. The fourth-order valence-electron chi connectivity index (χ4n) is 4.14. The third-order valence-corrected chi connectivity index (χ3v) is 6.60. The lowest BCUT2D eigenvalue weighted by atomic mass is 9.97. The maximum atomic E-state index is 4.04. The van der Waals surface area contributed by atoms with Crippen LogP contribution in [0.2, 0.25) is 0 Å². The van der Waals surface area contributed by atoms with E-state index < -0.39 is 0 Å². The highest BCUT2D eigenvalue weighted by Crippen LogP contribution is 2.30. The van der Waals surface area contributed by atoms with Gasteiger partial charge in [-0.05, 0) is 37.9 Å². The van der Waals surface area contributed by atoms with Crippen LogP contribution in [0, 0.1) is 0 Å².